The Kier molecular flexibility index (Phi) is 3.32. The summed E-state index contributed by atoms with van der Waals surface area (Å²) in [7, 11) is 1.63. The topological polar surface area (TPSA) is 46.5 Å². The molecule has 2 aliphatic rings. The van der Waals surface area contributed by atoms with Crippen molar-refractivity contribution in [1.82, 2.24) is 0 Å². The summed E-state index contributed by atoms with van der Waals surface area (Å²) in [6.45, 7) is 8.34. The van der Waals surface area contributed by atoms with E-state index in [2.05, 4.69) is 26.8 Å². The van der Waals surface area contributed by atoms with E-state index in [0.29, 0.717) is 23.9 Å². The summed E-state index contributed by atoms with van der Waals surface area (Å²) in [6.07, 6.45) is 3.42. The Morgan fingerprint density at radius 1 is 1.27 bits per heavy atom. The van der Waals surface area contributed by atoms with Gasteiger partial charge in [-0.2, -0.15) is 0 Å². The third-order valence-corrected chi connectivity index (χ3v) is 6.24. The van der Waals surface area contributed by atoms with Crippen molar-refractivity contribution < 1.29 is 14.6 Å². The zero-order valence-electron chi connectivity index (χ0n) is 14.2. The van der Waals surface area contributed by atoms with E-state index in [1.165, 1.54) is 5.56 Å². The molecule has 0 amide bonds. The molecule has 0 radical (unpaired) electrons. The molecule has 3 nitrogen and oxygen atoms in total. The minimum Gasteiger partial charge on any atom is -0.504 e. The number of hydrogen-bond donors (Lipinski definition) is 1. The van der Waals surface area contributed by atoms with Gasteiger partial charge in [0.1, 0.15) is 5.78 Å². The lowest BCUT2D eigenvalue weighted by Crippen LogP contribution is -2.52. The number of phenols is 1. The van der Waals surface area contributed by atoms with Gasteiger partial charge < -0.3 is 9.84 Å². The lowest BCUT2D eigenvalue weighted by Gasteiger charge is -2.53. The molecule has 1 saturated carbocycles. The van der Waals surface area contributed by atoms with Crippen LogP contribution in [0.4, 0.5) is 0 Å². The van der Waals surface area contributed by atoms with Crippen LogP contribution < -0.4 is 4.74 Å². The van der Waals surface area contributed by atoms with E-state index < -0.39 is 0 Å². The van der Waals surface area contributed by atoms with Gasteiger partial charge in [0.25, 0.3) is 0 Å². The van der Waals surface area contributed by atoms with Gasteiger partial charge in [0.05, 0.1) is 7.11 Å². The molecular formula is C19H26O3. The van der Waals surface area contributed by atoms with E-state index in [-0.39, 0.29) is 16.6 Å². The number of fused-ring (bicyclic) bond motifs is 3. The van der Waals surface area contributed by atoms with E-state index in [9.17, 15) is 9.90 Å². The minimum absolute atomic E-state index is 0.110. The molecule has 1 aromatic rings. The van der Waals surface area contributed by atoms with Crippen molar-refractivity contribution in [2.45, 2.75) is 58.8 Å². The number of hydrogen-bond acceptors (Lipinski definition) is 3. The summed E-state index contributed by atoms with van der Waals surface area (Å²) in [5.41, 5.74) is 2.85. The van der Waals surface area contributed by atoms with Crippen LogP contribution in [0.15, 0.2) is 6.07 Å². The van der Waals surface area contributed by atoms with Gasteiger partial charge in [0, 0.05) is 22.8 Å². The Labute approximate surface area is 132 Å². The zero-order chi connectivity index (χ0) is 16.3. The number of methoxy groups -OCH3 is 1. The fraction of sp³-hybridized carbons (Fsp3) is 0.632. The molecule has 120 valence electrons. The van der Waals surface area contributed by atoms with Crippen molar-refractivity contribution in [3.63, 3.8) is 0 Å². The standard InChI is InChI=1S/C19H26O3/c1-11-10-12-6-7-13-18(2,3)14(20)8-9-19(13,4)15(12)17(22-5)16(11)21/h10,13,21H,6-9H2,1-5H3. The molecular weight excluding hydrogens is 276 g/mol. The van der Waals surface area contributed by atoms with E-state index in [1.807, 2.05) is 6.92 Å². The molecule has 2 unspecified atom stereocenters. The Balaban J connectivity index is 2.25. The molecule has 1 fully saturated rings. The molecule has 0 saturated heterocycles. The number of carbonyl (C=O) groups is 1. The molecule has 22 heavy (non-hydrogen) atoms. The van der Waals surface area contributed by atoms with Crippen LogP contribution >= 0.6 is 0 Å². The Bertz CT molecular complexity index is 645. The van der Waals surface area contributed by atoms with Gasteiger partial charge in [-0.15, -0.1) is 0 Å². The monoisotopic (exact) mass is 302 g/mol. The number of aryl methyl sites for hydroxylation is 2. The predicted octanol–water partition coefficient (Wildman–Crippen LogP) is 3.92. The van der Waals surface area contributed by atoms with Crippen LogP contribution in [0.1, 0.15) is 56.7 Å². The van der Waals surface area contributed by atoms with Gasteiger partial charge in [-0.05, 0) is 43.2 Å². The van der Waals surface area contributed by atoms with Gasteiger partial charge in [0.15, 0.2) is 11.5 Å². The molecule has 3 heteroatoms. The first-order valence-corrected chi connectivity index (χ1v) is 8.16. The van der Waals surface area contributed by atoms with Crippen molar-refractivity contribution >= 4 is 5.78 Å². The summed E-state index contributed by atoms with van der Waals surface area (Å²) < 4.78 is 5.60. The molecule has 0 aliphatic heterocycles. The van der Waals surface area contributed by atoms with Crippen LogP contribution in [0.25, 0.3) is 0 Å². The lowest BCUT2D eigenvalue weighted by atomic mass is 9.50. The molecule has 1 aromatic carbocycles. The average Bonchev–Trinajstić information content (AvgIpc) is 2.45. The maximum atomic E-state index is 12.4. The highest BCUT2D eigenvalue weighted by molar-refractivity contribution is 5.86. The van der Waals surface area contributed by atoms with Gasteiger partial charge >= 0.3 is 0 Å². The third-order valence-electron chi connectivity index (χ3n) is 6.24. The number of ether oxygens (including phenoxy) is 1. The molecule has 2 atom stereocenters. The molecule has 0 aromatic heterocycles. The van der Waals surface area contributed by atoms with Crippen LogP contribution in [-0.2, 0) is 16.6 Å². The van der Waals surface area contributed by atoms with Crippen molar-refractivity contribution in [1.29, 1.82) is 0 Å². The number of aromatic hydroxyl groups is 1. The Morgan fingerprint density at radius 3 is 2.59 bits per heavy atom. The number of ketones is 1. The molecule has 0 spiro atoms. The number of carbonyl (C=O) groups excluding carboxylic acids is 1. The van der Waals surface area contributed by atoms with Crippen molar-refractivity contribution in [2.75, 3.05) is 7.11 Å². The number of Topliss-reactive ketones (excluding diaryl/α,β-unsaturated/α-hetero) is 1. The maximum absolute atomic E-state index is 12.4. The van der Waals surface area contributed by atoms with Gasteiger partial charge in [0.2, 0.25) is 0 Å². The van der Waals surface area contributed by atoms with Gasteiger partial charge in [-0.25, -0.2) is 0 Å². The number of phenolic OH excluding ortho intramolecular Hbond substituents is 1. The third kappa shape index (κ3) is 1.84. The predicted molar refractivity (Wildman–Crippen MR) is 86.6 cm³/mol. The van der Waals surface area contributed by atoms with Crippen LogP contribution in [0.5, 0.6) is 11.5 Å². The lowest BCUT2D eigenvalue weighted by molar-refractivity contribution is -0.137. The minimum atomic E-state index is -0.309. The second-order valence-corrected chi connectivity index (χ2v) is 7.76. The van der Waals surface area contributed by atoms with Crippen molar-refractivity contribution in [3.05, 3.63) is 22.8 Å². The first-order chi connectivity index (χ1) is 10.2. The van der Waals surface area contributed by atoms with Gasteiger partial charge in [-0.3, -0.25) is 4.79 Å². The fourth-order valence-electron chi connectivity index (χ4n) is 5.01. The van der Waals surface area contributed by atoms with E-state index in [4.69, 9.17) is 4.74 Å². The molecule has 2 aliphatic carbocycles. The Morgan fingerprint density at radius 2 is 1.95 bits per heavy atom. The summed E-state index contributed by atoms with van der Waals surface area (Å²) in [5.74, 6) is 1.53. The largest absolute Gasteiger partial charge is 0.504 e. The van der Waals surface area contributed by atoms with Crippen LogP contribution in [0.2, 0.25) is 0 Å². The summed E-state index contributed by atoms with van der Waals surface area (Å²) in [5, 5.41) is 10.4. The highest BCUT2D eigenvalue weighted by Gasteiger charge is 2.54. The second-order valence-electron chi connectivity index (χ2n) is 7.76. The van der Waals surface area contributed by atoms with Crippen LogP contribution in [-0.4, -0.2) is 18.0 Å². The molecule has 0 bridgehead atoms. The van der Waals surface area contributed by atoms with Crippen LogP contribution in [0.3, 0.4) is 0 Å². The summed E-state index contributed by atoms with van der Waals surface area (Å²) in [4.78, 5) is 12.4. The quantitative estimate of drug-likeness (QED) is 0.855. The van der Waals surface area contributed by atoms with E-state index >= 15 is 0 Å². The normalized spacial score (nSPS) is 29.7. The van der Waals surface area contributed by atoms with Crippen molar-refractivity contribution in [3.8, 4) is 11.5 Å². The number of benzene rings is 1. The Hall–Kier alpha value is -1.51. The van der Waals surface area contributed by atoms with Crippen LogP contribution in [0, 0.1) is 18.3 Å². The smallest absolute Gasteiger partial charge is 0.164 e. The summed E-state index contributed by atoms with van der Waals surface area (Å²) in [6, 6.07) is 2.10. The highest BCUT2D eigenvalue weighted by atomic mass is 16.5. The maximum Gasteiger partial charge on any atom is 0.164 e. The summed E-state index contributed by atoms with van der Waals surface area (Å²) >= 11 is 0. The number of rotatable bonds is 1. The van der Waals surface area contributed by atoms with E-state index in [1.54, 1.807) is 7.11 Å². The zero-order valence-corrected chi connectivity index (χ0v) is 14.2. The second kappa shape index (κ2) is 4.74. The highest BCUT2D eigenvalue weighted by Crippen LogP contribution is 2.59. The first kappa shape index (κ1) is 15.4. The molecule has 0 heterocycles. The first-order valence-electron chi connectivity index (χ1n) is 8.16. The molecule has 1 N–H and O–H groups in total. The van der Waals surface area contributed by atoms with Gasteiger partial charge in [-0.1, -0.05) is 26.8 Å². The average molecular weight is 302 g/mol. The van der Waals surface area contributed by atoms with Crippen molar-refractivity contribution in [2.24, 2.45) is 11.3 Å². The SMILES string of the molecule is COc1c(O)c(C)cc2c1C1(C)CCC(=O)C(C)(C)C1CC2. The molecule has 3 rings (SSSR count). The van der Waals surface area contributed by atoms with E-state index in [0.717, 1.165) is 30.4 Å². The fourth-order valence-corrected chi connectivity index (χ4v) is 5.01.